The van der Waals surface area contributed by atoms with Gasteiger partial charge in [-0.3, -0.25) is 14.5 Å². The van der Waals surface area contributed by atoms with Gasteiger partial charge in [0, 0.05) is 0 Å². The number of nitrogens with zero attached hydrogens (tertiary/aromatic N) is 1. The number of amides is 2. The topological polar surface area (TPSA) is 61.4 Å². The predicted molar refractivity (Wildman–Crippen MR) is 73.1 cm³/mol. The van der Waals surface area contributed by atoms with Crippen molar-refractivity contribution in [2.24, 2.45) is 0 Å². The summed E-state index contributed by atoms with van der Waals surface area (Å²) < 4.78 is 0. The summed E-state index contributed by atoms with van der Waals surface area (Å²) in [7, 11) is 0. The quantitative estimate of drug-likeness (QED) is 0.794. The van der Waals surface area contributed by atoms with Gasteiger partial charge >= 0.3 is 0 Å². The molecule has 5 nitrogen and oxygen atoms in total. The maximum absolute atomic E-state index is 12.7. The molecule has 0 radical (unpaired) electrons. The second-order valence-corrected chi connectivity index (χ2v) is 5.32. The van der Waals surface area contributed by atoms with Gasteiger partial charge in [0.2, 0.25) is 11.8 Å². The highest BCUT2D eigenvalue weighted by Gasteiger charge is 2.41. The summed E-state index contributed by atoms with van der Waals surface area (Å²) >= 11 is 0. The molecule has 0 bridgehead atoms. The fourth-order valence-electron chi connectivity index (χ4n) is 2.79. The fraction of sp³-hybridized carbons (Fsp3) is 0.429. The van der Waals surface area contributed by atoms with Crippen molar-refractivity contribution < 1.29 is 9.59 Å². The van der Waals surface area contributed by atoms with Crippen molar-refractivity contribution in [3.63, 3.8) is 0 Å². The molecule has 0 aromatic heterocycles. The van der Waals surface area contributed by atoms with Crippen molar-refractivity contribution in [2.45, 2.75) is 25.3 Å². The lowest BCUT2D eigenvalue weighted by molar-refractivity contribution is -0.125. The van der Waals surface area contributed by atoms with Gasteiger partial charge in [0.25, 0.3) is 0 Å². The van der Waals surface area contributed by atoms with Crippen LogP contribution < -0.4 is 15.5 Å². The zero-order valence-electron chi connectivity index (χ0n) is 10.9. The minimum Gasteiger partial charge on any atom is -0.323 e. The van der Waals surface area contributed by atoms with E-state index in [9.17, 15) is 9.59 Å². The van der Waals surface area contributed by atoms with Gasteiger partial charge in [-0.1, -0.05) is 12.1 Å². The zero-order valence-corrected chi connectivity index (χ0v) is 10.9. The van der Waals surface area contributed by atoms with E-state index in [0.717, 1.165) is 25.1 Å². The van der Waals surface area contributed by atoms with Crippen LogP contribution in [0.1, 0.15) is 19.8 Å². The molecule has 1 aromatic rings. The number of rotatable bonds is 1. The Labute approximate surface area is 112 Å². The average molecular weight is 259 g/mol. The van der Waals surface area contributed by atoms with Gasteiger partial charge in [-0.05, 0) is 38.4 Å². The molecule has 100 valence electrons. The number of carbonyl (C=O) groups is 2. The first kappa shape index (κ1) is 12.2. The van der Waals surface area contributed by atoms with Crippen LogP contribution in [0.25, 0.3) is 0 Å². The first-order chi connectivity index (χ1) is 9.10. The van der Waals surface area contributed by atoms with E-state index >= 15 is 0 Å². The van der Waals surface area contributed by atoms with Crippen LogP contribution in [0.4, 0.5) is 11.4 Å². The van der Waals surface area contributed by atoms with Crippen molar-refractivity contribution in [2.75, 3.05) is 23.3 Å². The highest BCUT2D eigenvalue weighted by Crippen LogP contribution is 2.32. The zero-order chi connectivity index (χ0) is 13.5. The summed E-state index contributed by atoms with van der Waals surface area (Å²) in [5.74, 6) is -0.166. The first-order valence-electron chi connectivity index (χ1n) is 6.56. The molecule has 2 N–H and O–H groups in total. The van der Waals surface area contributed by atoms with E-state index in [0.29, 0.717) is 5.69 Å². The van der Waals surface area contributed by atoms with Gasteiger partial charge in [0.05, 0.1) is 16.9 Å². The summed E-state index contributed by atoms with van der Waals surface area (Å²) in [4.78, 5) is 26.0. The van der Waals surface area contributed by atoms with Crippen LogP contribution in [0.3, 0.4) is 0 Å². The molecule has 1 unspecified atom stereocenters. The summed E-state index contributed by atoms with van der Waals surface area (Å²) in [6, 6.07) is 7.41. The molecule has 0 aliphatic carbocycles. The number of nitrogens with one attached hydrogen (secondary N) is 2. The number of hydrogen-bond donors (Lipinski definition) is 2. The molecule has 19 heavy (non-hydrogen) atoms. The highest BCUT2D eigenvalue weighted by atomic mass is 16.2. The van der Waals surface area contributed by atoms with Crippen molar-refractivity contribution in [3.05, 3.63) is 24.3 Å². The normalized spacial score (nSPS) is 25.9. The van der Waals surface area contributed by atoms with E-state index in [1.165, 1.54) is 0 Å². The summed E-state index contributed by atoms with van der Waals surface area (Å²) in [5, 5.41) is 6.05. The Morgan fingerprint density at radius 2 is 2.16 bits per heavy atom. The molecular formula is C14H17N3O2. The van der Waals surface area contributed by atoms with Gasteiger partial charge in [0.15, 0.2) is 0 Å². The Bertz CT molecular complexity index is 535. The van der Waals surface area contributed by atoms with Gasteiger partial charge in [-0.2, -0.15) is 0 Å². The minimum atomic E-state index is -0.551. The van der Waals surface area contributed by atoms with Gasteiger partial charge < -0.3 is 10.6 Å². The standard InChI is InChI=1S/C14H17N3O2/c1-14(7-4-8-15-14)13(19)17-9-12(18)16-10-5-2-3-6-11(10)17/h2-3,5-6,15H,4,7-9H2,1H3,(H,16,18). The predicted octanol–water partition coefficient (Wildman–Crippen LogP) is 1.11. The monoisotopic (exact) mass is 259 g/mol. The van der Waals surface area contributed by atoms with Crippen molar-refractivity contribution >= 4 is 23.2 Å². The Kier molecular flexibility index (Phi) is 2.78. The maximum atomic E-state index is 12.7. The van der Waals surface area contributed by atoms with Crippen LogP contribution in [0, 0.1) is 0 Å². The third-order valence-electron chi connectivity index (χ3n) is 3.86. The molecule has 2 aliphatic heterocycles. The van der Waals surface area contributed by atoms with E-state index in [1.807, 2.05) is 31.2 Å². The molecule has 1 saturated heterocycles. The van der Waals surface area contributed by atoms with Crippen LogP contribution in [0.5, 0.6) is 0 Å². The lowest BCUT2D eigenvalue weighted by Gasteiger charge is -2.35. The number of anilines is 2. The van der Waals surface area contributed by atoms with Crippen molar-refractivity contribution in [3.8, 4) is 0 Å². The lowest BCUT2D eigenvalue weighted by Crippen LogP contribution is -2.56. The molecule has 2 aliphatic rings. The Balaban J connectivity index is 1.97. The molecule has 2 amide bonds. The summed E-state index contributed by atoms with van der Waals surface area (Å²) in [6.07, 6.45) is 1.80. The number of hydrogen-bond acceptors (Lipinski definition) is 3. The van der Waals surface area contributed by atoms with E-state index in [2.05, 4.69) is 10.6 Å². The number of carbonyl (C=O) groups excluding carboxylic acids is 2. The van der Waals surface area contributed by atoms with Crippen LogP contribution in [0.15, 0.2) is 24.3 Å². The molecule has 1 aromatic carbocycles. The van der Waals surface area contributed by atoms with Crippen LogP contribution >= 0.6 is 0 Å². The second-order valence-electron chi connectivity index (χ2n) is 5.32. The van der Waals surface area contributed by atoms with Crippen LogP contribution in [0.2, 0.25) is 0 Å². The Morgan fingerprint density at radius 3 is 2.89 bits per heavy atom. The smallest absolute Gasteiger partial charge is 0.247 e. The van der Waals surface area contributed by atoms with Gasteiger partial charge in [-0.25, -0.2) is 0 Å². The SMILES string of the molecule is CC1(C(=O)N2CC(=O)Nc3ccccc32)CCCN1. The summed E-state index contributed by atoms with van der Waals surface area (Å²) in [5.41, 5.74) is 0.931. The number of fused-ring (bicyclic) bond motifs is 1. The molecule has 1 fully saturated rings. The van der Waals surface area contributed by atoms with E-state index < -0.39 is 5.54 Å². The van der Waals surface area contributed by atoms with Crippen LogP contribution in [-0.2, 0) is 9.59 Å². The molecular weight excluding hydrogens is 242 g/mol. The molecule has 5 heteroatoms. The summed E-state index contributed by atoms with van der Waals surface area (Å²) in [6.45, 7) is 2.86. The lowest BCUT2D eigenvalue weighted by atomic mass is 9.97. The highest BCUT2D eigenvalue weighted by molar-refractivity contribution is 6.12. The largest absolute Gasteiger partial charge is 0.323 e. The third-order valence-corrected chi connectivity index (χ3v) is 3.86. The van der Waals surface area contributed by atoms with Crippen LogP contribution in [-0.4, -0.2) is 30.4 Å². The van der Waals surface area contributed by atoms with Crippen molar-refractivity contribution in [1.29, 1.82) is 0 Å². The minimum absolute atomic E-state index is 0.0210. The van der Waals surface area contributed by atoms with Gasteiger partial charge in [-0.15, -0.1) is 0 Å². The molecule has 0 saturated carbocycles. The van der Waals surface area contributed by atoms with E-state index in [-0.39, 0.29) is 18.4 Å². The Hall–Kier alpha value is -1.88. The third kappa shape index (κ3) is 2.00. The second kappa shape index (κ2) is 4.35. The van der Waals surface area contributed by atoms with Gasteiger partial charge in [0.1, 0.15) is 6.54 Å². The molecule has 0 spiro atoms. The Morgan fingerprint density at radius 1 is 1.37 bits per heavy atom. The maximum Gasteiger partial charge on any atom is 0.247 e. The van der Waals surface area contributed by atoms with E-state index in [4.69, 9.17) is 0 Å². The number of para-hydroxylation sites is 2. The molecule has 2 heterocycles. The van der Waals surface area contributed by atoms with Crippen molar-refractivity contribution in [1.82, 2.24) is 5.32 Å². The molecule has 1 atom stereocenters. The van der Waals surface area contributed by atoms with E-state index in [1.54, 1.807) is 4.90 Å². The fourth-order valence-corrected chi connectivity index (χ4v) is 2.79. The number of benzene rings is 1. The first-order valence-corrected chi connectivity index (χ1v) is 6.56. The molecule has 3 rings (SSSR count). The average Bonchev–Trinajstić information content (AvgIpc) is 2.85.